The van der Waals surface area contributed by atoms with Crippen molar-refractivity contribution in [3.63, 3.8) is 0 Å². The number of benzene rings is 2. The Labute approximate surface area is 153 Å². The number of hydrogen-bond donors (Lipinski definition) is 1. The highest BCUT2D eigenvalue weighted by atomic mass is 16.5. The lowest BCUT2D eigenvalue weighted by atomic mass is 10.1. The lowest BCUT2D eigenvalue weighted by molar-refractivity contribution is -0.128. The van der Waals surface area contributed by atoms with E-state index >= 15 is 0 Å². The molecule has 0 aliphatic carbocycles. The molecule has 0 aliphatic rings. The van der Waals surface area contributed by atoms with Crippen LogP contribution < -0.4 is 10.1 Å². The first-order chi connectivity index (χ1) is 12.7. The highest BCUT2D eigenvalue weighted by Crippen LogP contribution is 2.17. The summed E-state index contributed by atoms with van der Waals surface area (Å²) < 4.78 is 7.75. The van der Waals surface area contributed by atoms with Gasteiger partial charge in [0.25, 0.3) is 5.91 Å². The summed E-state index contributed by atoms with van der Waals surface area (Å²) in [6, 6.07) is 17.4. The van der Waals surface area contributed by atoms with Crippen molar-refractivity contribution in [3.8, 4) is 11.4 Å². The Morgan fingerprint density at radius 3 is 2.50 bits per heavy atom. The van der Waals surface area contributed by atoms with E-state index in [1.54, 1.807) is 12.5 Å². The number of imidazole rings is 1. The number of amides is 1. The quantitative estimate of drug-likeness (QED) is 0.704. The summed E-state index contributed by atoms with van der Waals surface area (Å²) in [5, 5.41) is 3.04. The number of rotatable bonds is 7. The SMILES string of the molecule is CC[C@@H](Oc1ccccc1)C(=O)N[C@@H](C)c1ccc(-n2ccnc2)cc1. The van der Waals surface area contributed by atoms with Crippen LogP contribution in [-0.2, 0) is 4.79 Å². The van der Waals surface area contributed by atoms with E-state index in [0.717, 1.165) is 11.3 Å². The number of nitrogens with zero attached hydrogens (tertiary/aromatic N) is 2. The molecule has 134 valence electrons. The van der Waals surface area contributed by atoms with Gasteiger partial charge in [0.15, 0.2) is 6.10 Å². The van der Waals surface area contributed by atoms with Gasteiger partial charge in [0.05, 0.1) is 12.4 Å². The van der Waals surface area contributed by atoms with E-state index < -0.39 is 6.10 Å². The summed E-state index contributed by atoms with van der Waals surface area (Å²) in [4.78, 5) is 16.6. The number of aromatic nitrogens is 2. The number of hydrogen-bond acceptors (Lipinski definition) is 3. The number of ether oxygens (including phenoxy) is 1. The Kier molecular flexibility index (Phi) is 5.69. The van der Waals surface area contributed by atoms with E-state index in [1.165, 1.54) is 0 Å². The molecule has 5 nitrogen and oxygen atoms in total. The molecule has 1 N–H and O–H groups in total. The second kappa shape index (κ2) is 8.34. The Hall–Kier alpha value is -3.08. The van der Waals surface area contributed by atoms with Crippen molar-refractivity contribution in [1.82, 2.24) is 14.9 Å². The smallest absolute Gasteiger partial charge is 0.261 e. The minimum Gasteiger partial charge on any atom is -0.481 e. The molecule has 2 aromatic carbocycles. The normalized spacial score (nSPS) is 13.0. The molecule has 1 amide bonds. The van der Waals surface area contributed by atoms with E-state index in [9.17, 15) is 4.79 Å². The molecule has 1 heterocycles. The summed E-state index contributed by atoms with van der Waals surface area (Å²) in [5.41, 5.74) is 2.07. The Morgan fingerprint density at radius 1 is 1.15 bits per heavy atom. The maximum absolute atomic E-state index is 12.6. The molecule has 3 rings (SSSR count). The zero-order valence-electron chi connectivity index (χ0n) is 15.0. The van der Waals surface area contributed by atoms with Gasteiger partial charge in [-0.3, -0.25) is 4.79 Å². The van der Waals surface area contributed by atoms with Crippen molar-refractivity contribution in [2.45, 2.75) is 32.4 Å². The lowest BCUT2D eigenvalue weighted by Crippen LogP contribution is -2.39. The highest BCUT2D eigenvalue weighted by Gasteiger charge is 2.20. The monoisotopic (exact) mass is 349 g/mol. The molecule has 3 aromatic rings. The van der Waals surface area contributed by atoms with Crippen LogP contribution in [0.5, 0.6) is 5.75 Å². The molecule has 0 saturated carbocycles. The molecular formula is C21H23N3O2. The predicted molar refractivity (Wildman–Crippen MR) is 101 cm³/mol. The van der Waals surface area contributed by atoms with Crippen LogP contribution in [0, 0.1) is 0 Å². The second-order valence-corrected chi connectivity index (χ2v) is 6.12. The Morgan fingerprint density at radius 2 is 1.88 bits per heavy atom. The van der Waals surface area contributed by atoms with E-state index in [0.29, 0.717) is 12.2 Å². The van der Waals surface area contributed by atoms with Crippen molar-refractivity contribution in [1.29, 1.82) is 0 Å². The first-order valence-corrected chi connectivity index (χ1v) is 8.77. The molecule has 0 bridgehead atoms. The van der Waals surface area contributed by atoms with Crippen molar-refractivity contribution in [2.24, 2.45) is 0 Å². The van der Waals surface area contributed by atoms with Crippen LogP contribution in [0.25, 0.3) is 5.69 Å². The number of nitrogens with one attached hydrogen (secondary N) is 1. The number of carbonyl (C=O) groups is 1. The third kappa shape index (κ3) is 4.30. The number of carbonyl (C=O) groups excluding carboxylic acids is 1. The van der Waals surface area contributed by atoms with Crippen molar-refractivity contribution in [3.05, 3.63) is 78.9 Å². The third-order valence-corrected chi connectivity index (χ3v) is 4.24. The van der Waals surface area contributed by atoms with Gasteiger partial charge >= 0.3 is 0 Å². The maximum atomic E-state index is 12.6. The molecule has 0 radical (unpaired) electrons. The van der Waals surface area contributed by atoms with Gasteiger partial charge in [-0.1, -0.05) is 37.3 Å². The minimum atomic E-state index is -0.509. The van der Waals surface area contributed by atoms with Crippen LogP contribution in [0.4, 0.5) is 0 Å². The van der Waals surface area contributed by atoms with E-state index in [2.05, 4.69) is 10.3 Å². The molecule has 0 fully saturated rings. The maximum Gasteiger partial charge on any atom is 0.261 e. The van der Waals surface area contributed by atoms with Gasteiger partial charge < -0.3 is 14.6 Å². The summed E-state index contributed by atoms with van der Waals surface area (Å²) in [6.07, 6.45) is 5.49. The van der Waals surface area contributed by atoms with Gasteiger partial charge in [0.1, 0.15) is 5.75 Å². The average molecular weight is 349 g/mol. The van der Waals surface area contributed by atoms with Gasteiger partial charge in [-0.2, -0.15) is 0 Å². The molecule has 5 heteroatoms. The summed E-state index contributed by atoms with van der Waals surface area (Å²) in [5.74, 6) is 0.592. The van der Waals surface area contributed by atoms with Gasteiger partial charge in [-0.25, -0.2) is 4.98 Å². The van der Waals surface area contributed by atoms with E-state index in [4.69, 9.17) is 4.74 Å². The van der Waals surface area contributed by atoms with E-state index in [1.807, 2.05) is 79.2 Å². The van der Waals surface area contributed by atoms with Crippen molar-refractivity contribution in [2.75, 3.05) is 0 Å². The average Bonchev–Trinajstić information content (AvgIpc) is 3.21. The number of para-hydroxylation sites is 1. The zero-order valence-corrected chi connectivity index (χ0v) is 15.0. The highest BCUT2D eigenvalue weighted by molar-refractivity contribution is 5.81. The largest absolute Gasteiger partial charge is 0.481 e. The second-order valence-electron chi connectivity index (χ2n) is 6.12. The molecule has 0 spiro atoms. The van der Waals surface area contributed by atoms with Crippen LogP contribution in [0.15, 0.2) is 73.3 Å². The fourth-order valence-corrected chi connectivity index (χ4v) is 2.72. The van der Waals surface area contributed by atoms with Gasteiger partial charge in [-0.05, 0) is 43.2 Å². The first-order valence-electron chi connectivity index (χ1n) is 8.77. The lowest BCUT2D eigenvalue weighted by Gasteiger charge is -2.21. The van der Waals surface area contributed by atoms with Crippen molar-refractivity contribution < 1.29 is 9.53 Å². The fraction of sp³-hybridized carbons (Fsp3) is 0.238. The summed E-state index contributed by atoms with van der Waals surface area (Å²) in [6.45, 7) is 3.91. The van der Waals surface area contributed by atoms with Gasteiger partial charge in [0, 0.05) is 18.1 Å². The topological polar surface area (TPSA) is 56.1 Å². The third-order valence-electron chi connectivity index (χ3n) is 4.24. The molecule has 0 saturated heterocycles. The summed E-state index contributed by atoms with van der Waals surface area (Å²) >= 11 is 0. The van der Waals surface area contributed by atoms with Gasteiger partial charge in [0.2, 0.25) is 0 Å². The predicted octanol–water partition coefficient (Wildman–Crippen LogP) is 3.91. The van der Waals surface area contributed by atoms with Crippen molar-refractivity contribution >= 4 is 5.91 Å². The van der Waals surface area contributed by atoms with Crippen LogP contribution in [0.1, 0.15) is 31.9 Å². The zero-order chi connectivity index (χ0) is 18.4. The standard InChI is InChI=1S/C21H23N3O2/c1-3-20(26-19-7-5-4-6-8-19)21(25)23-16(2)17-9-11-18(12-10-17)24-14-13-22-15-24/h4-16,20H,3H2,1-2H3,(H,23,25)/t16-,20+/m0/s1. The fourth-order valence-electron chi connectivity index (χ4n) is 2.72. The minimum absolute atomic E-state index is 0.104. The molecule has 2 atom stereocenters. The molecule has 0 unspecified atom stereocenters. The molecule has 0 aliphatic heterocycles. The molecule has 26 heavy (non-hydrogen) atoms. The summed E-state index contributed by atoms with van der Waals surface area (Å²) in [7, 11) is 0. The van der Waals surface area contributed by atoms with Crippen LogP contribution >= 0.6 is 0 Å². The van der Waals surface area contributed by atoms with Gasteiger partial charge in [-0.15, -0.1) is 0 Å². The Balaban J connectivity index is 1.62. The molecule has 1 aromatic heterocycles. The van der Waals surface area contributed by atoms with Crippen LogP contribution in [0.2, 0.25) is 0 Å². The van der Waals surface area contributed by atoms with E-state index in [-0.39, 0.29) is 11.9 Å². The Bertz CT molecular complexity index is 814. The van der Waals surface area contributed by atoms with Crippen LogP contribution in [0.3, 0.4) is 0 Å². The first kappa shape index (κ1) is 17.7. The molecular weight excluding hydrogens is 326 g/mol. The van der Waals surface area contributed by atoms with Crippen LogP contribution in [-0.4, -0.2) is 21.6 Å².